The van der Waals surface area contributed by atoms with Crippen LogP contribution in [0.5, 0.6) is 0 Å². The van der Waals surface area contributed by atoms with E-state index in [1.54, 1.807) is 11.8 Å². The molecule has 0 unspecified atom stereocenters. The van der Waals surface area contributed by atoms with Crippen LogP contribution in [-0.4, -0.2) is 78.6 Å². The summed E-state index contributed by atoms with van der Waals surface area (Å²) in [7, 11) is 0. The Morgan fingerprint density at radius 2 is 2.00 bits per heavy atom. The average molecular weight is 312 g/mol. The highest BCUT2D eigenvalue weighted by Crippen LogP contribution is 2.14. The quantitative estimate of drug-likeness (QED) is 0.709. The topological polar surface area (TPSA) is 62.2 Å². The second-order valence-corrected chi connectivity index (χ2v) is 5.68. The predicted octanol–water partition coefficient (Wildman–Crippen LogP) is 0.940. The second kappa shape index (κ2) is 8.99. The van der Waals surface area contributed by atoms with E-state index in [4.69, 9.17) is 15.9 Å². The van der Waals surface area contributed by atoms with Crippen LogP contribution in [0.15, 0.2) is 0 Å². The summed E-state index contributed by atoms with van der Waals surface area (Å²) in [6.45, 7) is 9.39. The maximum absolute atomic E-state index is 11.6. The number of aliphatic hydroxyl groups excluding tert-OH is 1. The number of piperazine rings is 1. The first-order valence-corrected chi connectivity index (χ1v) is 7.88. The van der Waals surface area contributed by atoms with Crippen molar-refractivity contribution in [2.45, 2.75) is 38.9 Å². The zero-order valence-electron chi connectivity index (χ0n) is 13.9. The number of hydrogen-bond acceptors (Lipinski definition) is 5. The molecule has 126 valence electrons. The van der Waals surface area contributed by atoms with Crippen LogP contribution in [0.1, 0.15) is 27.2 Å². The Balaban J connectivity index is 2.29. The Hall–Kier alpha value is -1.29. The molecule has 6 nitrogen and oxygen atoms in total. The zero-order chi connectivity index (χ0) is 16.6. The van der Waals surface area contributed by atoms with Crippen molar-refractivity contribution >= 4 is 6.09 Å². The molecular weight excluding hydrogens is 284 g/mol. The summed E-state index contributed by atoms with van der Waals surface area (Å²) >= 11 is 0. The lowest BCUT2D eigenvalue weighted by molar-refractivity contribution is -0.0497. The van der Waals surface area contributed by atoms with Gasteiger partial charge in [-0.2, -0.15) is 0 Å². The van der Waals surface area contributed by atoms with Crippen LogP contribution in [0.2, 0.25) is 0 Å². The Labute approximate surface area is 133 Å². The van der Waals surface area contributed by atoms with Gasteiger partial charge in [-0.1, -0.05) is 12.8 Å². The van der Waals surface area contributed by atoms with Gasteiger partial charge in [0.2, 0.25) is 0 Å². The summed E-state index contributed by atoms with van der Waals surface area (Å²) in [5, 5.41) is 10.1. The van der Waals surface area contributed by atoms with E-state index in [0.29, 0.717) is 32.7 Å². The number of amides is 1. The SMILES string of the molecule is C#C[C@@](C)(CC)OC[C@@H](O)CN1CCN(C(=O)OCC)CC1. The molecule has 0 aliphatic carbocycles. The number of nitrogens with zero attached hydrogens (tertiary/aromatic N) is 2. The molecule has 2 atom stereocenters. The van der Waals surface area contributed by atoms with Crippen molar-refractivity contribution in [2.24, 2.45) is 0 Å². The molecule has 1 heterocycles. The summed E-state index contributed by atoms with van der Waals surface area (Å²) in [5.41, 5.74) is -0.621. The van der Waals surface area contributed by atoms with Crippen molar-refractivity contribution in [1.29, 1.82) is 0 Å². The molecule has 0 aromatic carbocycles. The van der Waals surface area contributed by atoms with E-state index >= 15 is 0 Å². The summed E-state index contributed by atoms with van der Waals surface area (Å²) in [6.07, 6.45) is 5.29. The van der Waals surface area contributed by atoms with Crippen LogP contribution >= 0.6 is 0 Å². The van der Waals surface area contributed by atoms with Crippen molar-refractivity contribution in [3.8, 4) is 12.3 Å². The molecular formula is C16H28N2O4. The average Bonchev–Trinajstić information content (AvgIpc) is 2.53. The monoisotopic (exact) mass is 312 g/mol. The van der Waals surface area contributed by atoms with Gasteiger partial charge in [-0.3, -0.25) is 4.90 Å². The van der Waals surface area contributed by atoms with Gasteiger partial charge in [0.25, 0.3) is 0 Å². The molecule has 1 aliphatic heterocycles. The molecule has 0 spiro atoms. The van der Waals surface area contributed by atoms with Crippen LogP contribution in [0.4, 0.5) is 4.79 Å². The first-order valence-electron chi connectivity index (χ1n) is 7.88. The lowest BCUT2D eigenvalue weighted by Crippen LogP contribution is -2.51. The first kappa shape index (κ1) is 18.8. The Bertz CT molecular complexity index is 388. The number of carbonyl (C=O) groups excluding carboxylic acids is 1. The van der Waals surface area contributed by atoms with Gasteiger partial charge >= 0.3 is 6.09 Å². The van der Waals surface area contributed by atoms with Gasteiger partial charge in [-0.15, -0.1) is 6.42 Å². The number of carbonyl (C=O) groups is 1. The molecule has 6 heteroatoms. The van der Waals surface area contributed by atoms with Crippen molar-refractivity contribution in [2.75, 3.05) is 45.9 Å². The highest BCUT2D eigenvalue weighted by atomic mass is 16.6. The smallest absolute Gasteiger partial charge is 0.409 e. The van der Waals surface area contributed by atoms with Crippen molar-refractivity contribution in [3.05, 3.63) is 0 Å². The minimum atomic E-state index is -0.621. The Morgan fingerprint density at radius 3 is 2.50 bits per heavy atom. The van der Waals surface area contributed by atoms with E-state index in [-0.39, 0.29) is 12.7 Å². The van der Waals surface area contributed by atoms with Crippen LogP contribution in [0, 0.1) is 12.3 Å². The van der Waals surface area contributed by atoms with Crippen molar-refractivity contribution in [3.63, 3.8) is 0 Å². The van der Waals surface area contributed by atoms with Gasteiger partial charge in [0.05, 0.1) is 19.3 Å². The summed E-state index contributed by atoms with van der Waals surface area (Å²) in [5.74, 6) is 2.61. The Kier molecular flexibility index (Phi) is 7.66. The third-order valence-electron chi connectivity index (χ3n) is 3.94. The van der Waals surface area contributed by atoms with Crippen molar-refractivity contribution in [1.82, 2.24) is 9.80 Å². The first-order chi connectivity index (χ1) is 10.4. The standard InChI is InChI=1S/C16H28N2O4/c1-5-16(4,6-2)22-13-14(19)12-17-8-10-18(11-9-17)15(20)21-7-3/h1,14,19H,6-13H2,2-4H3/t14-,16-/m0/s1. The summed E-state index contributed by atoms with van der Waals surface area (Å²) in [4.78, 5) is 15.4. The maximum atomic E-state index is 11.6. The van der Waals surface area contributed by atoms with E-state index in [1.807, 2.05) is 13.8 Å². The fraction of sp³-hybridized carbons (Fsp3) is 0.812. The summed E-state index contributed by atoms with van der Waals surface area (Å²) < 4.78 is 10.6. The molecule has 1 amide bonds. The number of rotatable bonds is 7. The molecule has 1 rings (SSSR count). The molecule has 1 saturated heterocycles. The van der Waals surface area contributed by atoms with Gasteiger partial charge in [0.1, 0.15) is 5.60 Å². The fourth-order valence-corrected chi connectivity index (χ4v) is 2.20. The molecule has 22 heavy (non-hydrogen) atoms. The highest BCUT2D eigenvalue weighted by Gasteiger charge is 2.25. The molecule has 0 radical (unpaired) electrons. The minimum Gasteiger partial charge on any atom is -0.450 e. The molecule has 0 aromatic rings. The zero-order valence-corrected chi connectivity index (χ0v) is 13.9. The second-order valence-electron chi connectivity index (χ2n) is 5.68. The largest absolute Gasteiger partial charge is 0.450 e. The lowest BCUT2D eigenvalue weighted by Gasteiger charge is -2.35. The van der Waals surface area contributed by atoms with Gasteiger partial charge in [0, 0.05) is 32.7 Å². The van der Waals surface area contributed by atoms with E-state index < -0.39 is 11.7 Å². The van der Waals surface area contributed by atoms with Crippen LogP contribution in [-0.2, 0) is 9.47 Å². The molecule has 1 aliphatic rings. The van der Waals surface area contributed by atoms with Gasteiger partial charge in [0.15, 0.2) is 0 Å². The van der Waals surface area contributed by atoms with Crippen LogP contribution in [0.3, 0.4) is 0 Å². The third kappa shape index (κ3) is 5.84. The lowest BCUT2D eigenvalue weighted by atomic mass is 10.1. The maximum Gasteiger partial charge on any atom is 0.409 e. The highest BCUT2D eigenvalue weighted by molar-refractivity contribution is 5.67. The fourth-order valence-electron chi connectivity index (χ4n) is 2.20. The number of terminal acetylenes is 1. The number of hydrogen-bond donors (Lipinski definition) is 1. The predicted molar refractivity (Wildman–Crippen MR) is 84.5 cm³/mol. The molecule has 0 bridgehead atoms. The van der Waals surface area contributed by atoms with Crippen LogP contribution < -0.4 is 0 Å². The van der Waals surface area contributed by atoms with Gasteiger partial charge in [-0.25, -0.2) is 4.79 Å². The molecule has 1 N–H and O–H groups in total. The van der Waals surface area contributed by atoms with E-state index in [2.05, 4.69) is 10.8 Å². The summed E-state index contributed by atoms with van der Waals surface area (Å²) in [6, 6.07) is 0. The van der Waals surface area contributed by atoms with Crippen LogP contribution in [0.25, 0.3) is 0 Å². The number of β-amino-alcohol motifs (C(OH)–C–C–N with tert-alkyl or cyclic N) is 1. The van der Waals surface area contributed by atoms with E-state index in [0.717, 1.165) is 13.1 Å². The Morgan fingerprint density at radius 1 is 1.36 bits per heavy atom. The third-order valence-corrected chi connectivity index (χ3v) is 3.94. The molecule has 0 aromatic heterocycles. The molecule has 0 saturated carbocycles. The van der Waals surface area contributed by atoms with E-state index in [1.165, 1.54) is 0 Å². The normalized spacial score (nSPS) is 20.0. The van der Waals surface area contributed by atoms with E-state index in [9.17, 15) is 9.90 Å². The number of aliphatic hydroxyl groups is 1. The minimum absolute atomic E-state index is 0.215. The van der Waals surface area contributed by atoms with Gasteiger partial charge in [-0.05, 0) is 20.3 Å². The number of ether oxygens (including phenoxy) is 2. The van der Waals surface area contributed by atoms with Crippen molar-refractivity contribution < 1.29 is 19.4 Å². The van der Waals surface area contributed by atoms with Gasteiger partial charge < -0.3 is 19.5 Å². The molecule has 1 fully saturated rings.